The number of carbonyl (C=O) groups is 1. The Morgan fingerprint density at radius 2 is 1.84 bits per heavy atom. The number of thioether (sulfide) groups is 1. The van der Waals surface area contributed by atoms with Gasteiger partial charge in [-0.2, -0.15) is 0 Å². The van der Waals surface area contributed by atoms with Gasteiger partial charge in [-0.05, 0) is 42.7 Å². The highest BCUT2D eigenvalue weighted by Gasteiger charge is 2.20. The van der Waals surface area contributed by atoms with Gasteiger partial charge in [-0.3, -0.25) is 9.36 Å². The number of benzene rings is 2. The van der Waals surface area contributed by atoms with Crippen LogP contribution in [0.15, 0.2) is 53.7 Å². The van der Waals surface area contributed by atoms with E-state index in [0.29, 0.717) is 35.4 Å². The lowest BCUT2D eigenvalue weighted by molar-refractivity contribution is 0.0949. The molecule has 3 rings (SSSR count). The summed E-state index contributed by atoms with van der Waals surface area (Å²) in [5, 5.41) is 13.2. The maximum absolute atomic E-state index is 12.2. The van der Waals surface area contributed by atoms with Crippen molar-refractivity contribution in [3.63, 3.8) is 0 Å². The quantitative estimate of drug-likeness (QED) is 0.395. The summed E-state index contributed by atoms with van der Waals surface area (Å²) < 4.78 is 7.45. The summed E-state index contributed by atoms with van der Waals surface area (Å²) >= 11 is 8.02. The highest BCUT2D eigenvalue weighted by atomic mass is 35.5. The van der Waals surface area contributed by atoms with E-state index in [2.05, 4.69) is 40.9 Å². The monoisotopic (exact) mass is 472 g/mol. The van der Waals surface area contributed by atoms with Crippen molar-refractivity contribution in [2.75, 3.05) is 20.3 Å². The Kier molecular flexibility index (Phi) is 8.73. The van der Waals surface area contributed by atoms with Gasteiger partial charge in [0.1, 0.15) is 0 Å². The molecule has 170 valence electrons. The van der Waals surface area contributed by atoms with Gasteiger partial charge in [0.25, 0.3) is 5.91 Å². The highest BCUT2D eigenvalue weighted by molar-refractivity contribution is 7.98. The molecule has 0 spiro atoms. The van der Waals surface area contributed by atoms with Gasteiger partial charge >= 0.3 is 0 Å². The molecular formula is C24H29ClN4O2S. The molecule has 0 saturated heterocycles. The summed E-state index contributed by atoms with van der Waals surface area (Å²) in [7, 11) is 1.68. The van der Waals surface area contributed by atoms with Crippen LogP contribution < -0.4 is 5.32 Å². The Labute approximate surface area is 198 Å². The Balaban J connectivity index is 1.76. The van der Waals surface area contributed by atoms with Crippen LogP contribution in [-0.2, 0) is 10.5 Å². The molecular weight excluding hydrogens is 444 g/mol. The Morgan fingerprint density at radius 3 is 2.50 bits per heavy atom. The number of methoxy groups -OCH3 is 1. The van der Waals surface area contributed by atoms with Crippen molar-refractivity contribution in [2.45, 2.75) is 37.7 Å². The third-order valence-electron chi connectivity index (χ3n) is 4.88. The van der Waals surface area contributed by atoms with Crippen LogP contribution in [0.4, 0.5) is 0 Å². The second kappa shape index (κ2) is 11.5. The van der Waals surface area contributed by atoms with Gasteiger partial charge in [0, 0.05) is 30.5 Å². The van der Waals surface area contributed by atoms with Crippen LogP contribution in [0.25, 0.3) is 11.4 Å². The molecule has 0 aliphatic heterocycles. The summed E-state index contributed by atoms with van der Waals surface area (Å²) in [5.41, 5.74) is 2.61. The number of hydrogen-bond acceptors (Lipinski definition) is 5. The van der Waals surface area contributed by atoms with E-state index in [4.69, 9.17) is 16.3 Å². The Morgan fingerprint density at radius 1 is 1.12 bits per heavy atom. The van der Waals surface area contributed by atoms with Crippen LogP contribution in [0, 0.1) is 5.92 Å². The largest absolute Gasteiger partial charge is 0.383 e. The lowest BCUT2D eigenvalue weighted by atomic mass is 10.1. The molecule has 0 fully saturated rings. The van der Waals surface area contributed by atoms with Crippen molar-refractivity contribution in [2.24, 2.45) is 5.92 Å². The normalized spacial score (nSPS) is 12.2. The number of nitrogens with one attached hydrogen (secondary N) is 1. The Hall–Kier alpha value is -2.35. The third-order valence-corrected chi connectivity index (χ3v) is 6.23. The summed E-state index contributed by atoms with van der Waals surface area (Å²) in [6.07, 6.45) is 0. The molecule has 1 heterocycles. The average molecular weight is 473 g/mol. The zero-order valence-electron chi connectivity index (χ0n) is 18.8. The molecule has 3 aromatic rings. The third kappa shape index (κ3) is 6.12. The minimum absolute atomic E-state index is 0.0378. The predicted molar refractivity (Wildman–Crippen MR) is 130 cm³/mol. The average Bonchev–Trinajstić information content (AvgIpc) is 3.20. The summed E-state index contributed by atoms with van der Waals surface area (Å²) in [5.74, 6) is 1.80. The van der Waals surface area contributed by atoms with Gasteiger partial charge in [0.2, 0.25) is 0 Å². The molecule has 1 amide bonds. The number of carbonyl (C=O) groups excluding carboxylic acids is 1. The number of amides is 1. The van der Waals surface area contributed by atoms with Crippen molar-refractivity contribution < 1.29 is 9.53 Å². The number of nitrogens with zero attached hydrogens (tertiary/aromatic N) is 3. The van der Waals surface area contributed by atoms with E-state index in [1.54, 1.807) is 18.9 Å². The van der Waals surface area contributed by atoms with E-state index < -0.39 is 0 Å². The van der Waals surface area contributed by atoms with Crippen LogP contribution in [-0.4, -0.2) is 40.9 Å². The first-order valence-electron chi connectivity index (χ1n) is 10.6. The van der Waals surface area contributed by atoms with Crippen molar-refractivity contribution >= 4 is 29.3 Å². The number of aromatic nitrogens is 3. The van der Waals surface area contributed by atoms with Crippen LogP contribution in [0.5, 0.6) is 0 Å². The molecule has 1 N–H and O–H groups in total. The maximum atomic E-state index is 12.2. The Bertz CT molecular complexity index is 1040. The molecule has 6 nitrogen and oxygen atoms in total. The fourth-order valence-corrected chi connectivity index (χ4v) is 4.43. The van der Waals surface area contributed by atoms with E-state index in [1.807, 2.05) is 48.5 Å². The molecule has 1 aromatic heterocycles. The molecule has 0 saturated carbocycles. The first-order valence-corrected chi connectivity index (χ1v) is 12.0. The minimum atomic E-state index is -0.0459. The van der Waals surface area contributed by atoms with Gasteiger partial charge < -0.3 is 10.1 Å². The molecule has 0 aliphatic carbocycles. The summed E-state index contributed by atoms with van der Waals surface area (Å²) in [4.78, 5) is 12.2. The molecule has 0 radical (unpaired) electrons. The maximum Gasteiger partial charge on any atom is 0.251 e. The number of rotatable bonds is 10. The number of ether oxygens (including phenoxy) is 1. The van der Waals surface area contributed by atoms with Gasteiger partial charge in [0.15, 0.2) is 11.0 Å². The molecule has 32 heavy (non-hydrogen) atoms. The lowest BCUT2D eigenvalue weighted by Crippen LogP contribution is -2.27. The second-order valence-electron chi connectivity index (χ2n) is 8.05. The van der Waals surface area contributed by atoms with Crippen molar-refractivity contribution in [1.82, 2.24) is 20.1 Å². The second-order valence-corrected chi connectivity index (χ2v) is 9.40. The zero-order chi connectivity index (χ0) is 23.1. The summed E-state index contributed by atoms with van der Waals surface area (Å²) in [6.45, 7) is 7.42. The molecule has 0 bridgehead atoms. The van der Waals surface area contributed by atoms with E-state index in [9.17, 15) is 4.79 Å². The fraction of sp³-hybridized carbons (Fsp3) is 0.375. The standard InChI is InChI=1S/C24H29ClN4O2S/c1-16(2)13-26-23(30)19-11-9-18(10-12-19)15-32-24-28-27-22(29(24)17(3)14-31-4)20-7-5-6-8-21(20)25/h5-12,16-17H,13-15H2,1-4H3,(H,26,30)/t17-/m1/s1. The minimum Gasteiger partial charge on any atom is -0.383 e. The van der Waals surface area contributed by atoms with E-state index >= 15 is 0 Å². The fourth-order valence-electron chi connectivity index (χ4n) is 3.21. The molecule has 1 atom stereocenters. The van der Waals surface area contributed by atoms with Gasteiger partial charge in [-0.15, -0.1) is 10.2 Å². The van der Waals surface area contributed by atoms with Crippen LogP contribution in [0.2, 0.25) is 5.02 Å². The van der Waals surface area contributed by atoms with Gasteiger partial charge in [0.05, 0.1) is 17.7 Å². The first kappa shape index (κ1) is 24.3. The van der Waals surface area contributed by atoms with Crippen LogP contribution in [0.1, 0.15) is 42.7 Å². The smallest absolute Gasteiger partial charge is 0.251 e. The molecule has 2 aromatic carbocycles. The van der Waals surface area contributed by atoms with Gasteiger partial charge in [-0.25, -0.2) is 0 Å². The topological polar surface area (TPSA) is 69.0 Å². The van der Waals surface area contributed by atoms with E-state index in [0.717, 1.165) is 22.1 Å². The highest BCUT2D eigenvalue weighted by Crippen LogP contribution is 2.33. The lowest BCUT2D eigenvalue weighted by Gasteiger charge is -2.17. The van der Waals surface area contributed by atoms with Crippen LogP contribution in [0.3, 0.4) is 0 Å². The van der Waals surface area contributed by atoms with Crippen molar-refractivity contribution in [3.8, 4) is 11.4 Å². The number of halogens is 1. The SMILES string of the molecule is COC[C@@H](C)n1c(SCc2ccc(C(=O)NCC(C)C)cc2)nnc1-c1ccccc1Cl. The van der Waals surface area contributed by atoms with Crippen LogP contribution >= 0.6 is 23.4 Å². The van der Waals surface area contributed by atoms with Crippen molar-refractivity contribution in [1.29, 1.82) is 0 Å². The van der Waals surface area contributed by atoms with Gasteiger partial charge in [-0.1, -0.05) is 61.5 Å². The van der Waals surface area contributed by atoms with E-state index in [-0.39, 0.29) is 11.9 Å². The predicted octanol–water partition coefficient (Wildman–Crippen LogP) is 5.48. The molecule has 0 unspecified atom stereocenters. The number of hydrogen-bond donors (Lipinski definition) is 1. The summed E-state index contributed by atoms with van der Waals surface area (Å²) in [6, 6.07) is 15.3. The van der Waals surface area contributed by atoms with E-state index in [1.165, 1.54) is 0 Å². The molecule has 8 heteroatoms. The molecule has 0 aliphatic rings. The zero-order valence-corrected chi connectivity index (χ0v) is 20.4. The first-order chi connectivity index (χ1) is 15.4. The van der Waals surface area contributed by atoms with Crippen molar-refractivity contribution in [3.05, 3.63) is 64.7 Å².